The quantitative estimate of drug-likeness (QED) is 0.0767. The molecule has 45 heavy (non-hydrogen) atoms. The SMILES string of the molecule is CCOc1cc(/C=N\NC(=O)c2cccc(S(=O)(=O)Nc3cccc(C(F)(F)F)c3)c2)ccc1OCCOc1ccc(F)cc1. The van der Waals surface area contributed by atoms with Gasteiger partial charge >= 0.3 is 6.18 Å². The maximum atomic E-state index is 13.0. The van der Waals surface area contributed by atoms with Crippen LogP contribution < -0.4 is 24.4 Å². The number of rotatable bonds is 13. The van der Waals surface area contributed by atoms with Crippen molar-refractivity contribution in [3.63, 3.8) is 0 Å². The number of sulfonamides is 1. The molecule has 0 saturated carbocycles. The zero-order valence-corrected chi connectivity index (χ0v) is 24.5. The van der Waals surface area contributed by atoms with Crippen molar-refractivity contribution in [3.8, 4) is 17.2 Å². The molecule has 0 aliphatic rings. The van der Waals surface area contributed by atoms with Crippen LogP contribution in [0.4, 0.5) is 23.2 Å². The van der Waals surface area contributed by atoms with Crippen molar-refractivity contribution in [2.24, 2.45) is 5.10 Å². The van der Waals surface area contributed by atoms with Gasteiger partial charge in [0.25, 0.3) is 15.9 Å². The van der Waals surface area contributed by atoms with Gasteiger partial charge in [0.2, 0.25) is 0 Å². The van der Waals surface area contributed by atoms with Crippen molar-refractivity contribution in [2.45, 2.75) is 18.0 Å². The van der Waals surface area contributed by atoms with Gasteiger partial charge in [0.1, 0.15) is 24.8 Å². The average molecular weight is 646 g/mol. The predicted octanol–water partition coefficient (Wildman–Crippen LogP) is 6.27. The molecule has 0 aliphatic heterocycles. The molecule has 0 saturated heterocycles. The molecule has 1 amide bonds. The van der Waals surface area contributed by atoms with Crippen molar-refractivity contribution in [3.05, 3.63) is 114 Å². The van der Waals surface area contributed by atoms with Gasteiger partial charge in [0.05, 0.1) is 23.3 Å². The van der Waals surface area contributed by atoms with E-state index in [1.54, 1.807) is 25.1 Å². The number of carbonyl (C=O) groups is 1. The van der Waals surface area contributed by atoms with Gasteiger partial charge < -0.3 is 14.2 Å². The van der Waals surface area contributed by atoms with Crippen LogP contribution in [0.3, 0.4) is 0 Å². The van der Waals surface area contributed by atoms with E-state index in [4.69, 9.17) is 14.2 Å². The summed E-state index contributed by atoms with van der Waals surface area (Å²) in [6.07, 6.45) is -3.31. The fraction of sp³-hybridized carbons (Fsp3) is 0.161. The third-order valence-corrected chi connectivity index (χ3v) is 7.30. The van der Waals surface area contributed by atoms with Crippen molar-refractivity contribution in [1.82, 2.24) is 5.43 Å². The van der Waals surface area contributed by atoms with Gasteiger partial charge in [-0.3, -0.25) is 9.52 Å². The molecule has 0 aliphatic carbocycles. The van der Waals surface area contributed by atoms with Crippen LogP contribution in [0.25, 0.3) is 0 Å². The van der Waals surface area contributed by atoms with E-state index in [0.717, 1.165) is 18.2 Å². The summed E-state index contributed by atoms with van der Waals surface area (Å²) < 4.78 is 96.7. The van der Waals surface area contributed by atoms with Crippen LogP contribution in [0.5, 0.6) is 17.2 Å². The van der Waals surface area contributed by atoms with Crippen molar-refractivity contribution in [2.75, 3.05) is 24.5 Å². The molecule has 0 aromatic heterocycles. The highest BCUT2D eigenvalue weighted by atomic mass is 32.2. The Balaban J connectivity index is 1.36. The fourth-order valence-corrected chi connectivity index (χ4v) is 4.94. The van der Waals surface area contributed by atoms with Gasteiger partial charge in [-0.05, 0) is 91.3 Å². The highest BCUT2D eigenvalue weighted by Gasteiger charge is 2.30. The molecular formula is C31H27F4N3O6S. The van der Waals surface area contributed by atoms with Gasteiger partial charge in [-0.15, -0.1) is 0 Å². The van der Waals surface area contributed by atoms with Crippen molar-refractivity contribution in [1.29, 1.82) is 0 Å². The van der Waals surface area contributed by atoms with Crippen LogP contribution in [0.2, 0.25) is 0 Å². The van der Waals surface area contributed by atoms with Crippen LogP contribution in [0.15, 0.2) is 101 Å². The maximum absolute atomic E-state index is 13.0. The molecule has 2 N–H and O–H groups in total. The number of hydrazone groups is 1. The van der Waals surface area contributed by atoms with E-state index in [1.165, 1.54) is 54.7 Å². The summed E-state index contributed by atoms with van der Waals surface area (Å²) in [6.45, 7) is 2.54. The van der Waals surface area contributed by atoms with Gasteiger partial charge in [0, 0.05) is 11.3 Å². The average Bonchev–Trinajstić information content (AvgIpc) is 3.01. The number of benzene rings is 4. The first-order valence-electron chi connectivity index (χ1n) is 13.4. The lowest BCUT2D eigenvalue weighted by Crippen LogP contribution is -2.19. The fourth-order valence-electron chi connectivity index (χ4n) is 3.84. The Hall–Kier alpha value is -5.11. The first-order valence-corrected chi connectivity index (χ1v) is 14.8. The Morgan fingerprint density at radius 3 is 2.33 bits per heavy atom. The summed E-state index contributed by atoms with van der Waals surface area (Å²) >= 11 is 0. The summed E-state index contributed by atoms with van der Waals surface area (Å²) in [7, 11) is -4.32. The predicted molar refractivity (Wildman–Crippen MR) is 159 cm³/mol. The molecule has 0 radical (unpaired) electrons. The number of nitrogens with zero attached hydrogens (tertiary/aromatic N) is 1. The highest BCUT2D eigenvalue weighted by molar-refractivity contribution is 7.92. The number of hydrogen-bond donors (Lipinski definition) is 2. The zero-order chi connectivity index (χ0) is 32.5. The van der Waals surface area contributed by atoms with Gasteiger partial charge in [0.15, 0.2) is 11.5 Å². The maximum Gasteiger partial charge on any atom is 0.416 e. The normalized spacial score (nSPS) is 11.7. The smallest absolute Gasteiger partial charge is 0.416 e. The number of nitrogens with one attached hydrogen (secondary N) is 2. The third-order valence-electron chi connectivity index (χ3n) is 5.92. The molecule has 0 spiro atoms. The second-order valence-corrected chi connectivity index (χ2v) is 10.9. The summed E-state index contributed by atoms with van der Waals surface area (Å²) in [5, 5.41) is 3.92. The molecule has 0 fully saturated rings. The lowest BCUT2D eigenvalue weighted by molar-refractivity contribution is -0.137. The van der Waals surface area contributed by atoms with E-state index in [0.29, 0.717) is 35.5 Å². The van der Waals surface area contributed by atoms with E-state index in [1.807, 2.05) is 0 Å². The molecule has 236 valence electrons. The Morgan fingerprint density at radius 1 is 0.867 bits per heavy atom. The molecule has 4 rings (SSSR count). The van der Waals surface area contributed by atoms with Gasteiger partial charge in [-0.25, -0.2) is 18.2 Å². The molecule has 0 bridgehead atoms. The van der Waals surface area contributed by atoms with Crippen molar-refractivity contribution < 1.29 is 45.0 Å². The Morgan fingerprint density at radius 2 is 1.60 bits per heavy atom. The first kappa shape index (κ1) is 32.8. The summed E-state index contributed by atoms with van der Waals surface area (Å²) in [6, 6.07) is 19.2. The highest BCUT2D eigenvalue weighted by Crippen LogP contribution is 2.31. The summed E-state index contributed by atoms with van der Waals surface area (Å²) in [5.74, 6) is 0.265. The minimum Gasteiger partial charge on any atom is -0.490 e. The lowest BCUT2D eigenvalue weighted by atomic mass is 10.2. The Bertz CT molecular complexity index is 1760. The van der Waals surface area contributed by atoms with E-state index >= 15 is 0 Å². The number of amides is 1. The number of anilines is 1. The second-order valence-electron chi connectivity index (χ2n) is 9.20. The summed E-state index contributed by atoms with van der Waals surface area (Å²) in [4.78, 5) is 12.3. The zero-order valence-electron chi connectivity index (χ0n) is 23.7. The number of halogens is 4. The minimum atomic E-state index is -4.65. The third kappa shape index (κ3) is 9.44. The molecule has 4 aromatic carbocycles. The van der Waals surface area contributed by atoms with Crippen LogP contribution in [0.1, 0.15) is 28.4 Å². The molecule has 0 heterocycles. The molecule has 14 heteroatoms. The lowest BCUT2D eigenvalue weighted by Gasteiger charge is -2.13. The number of alkyl halides is 3. The molecule has 4 aromatic rings. The molecule has 0 atom stereocenters. The molecule has 9 nitrogen and oxygen atoms in total. The van der Waals surface area contributed by atoms with Crippen LogP contribution in [-0.2, 0) is 16.2 Å². The Kier molecular flexibility index (Phi) is 10.6. The van der Waals surface area contributed by atoms with E-state index in [-0.39, 0.29) is 35.2 Å². The van der Waals surface area contributed by atoms with Gasteiger partial charge in [-0.2, -0.15) is 18.3 Å². The number of carbonyl (C=O) groups excluding carboxylic acids is 1. The molecular weight excluding hydrogens is 618 g/mol. The topological polar surface area (TPSA) is 115 Å². The van der Waals surface area contributed by atoms with Crippen LogP contribution >= 0.6 is 0 Å². The largest absolute Gasteiger partial charge is 0.490 e. The minimum absolute atomic E-state index is 0.0549. The van der Waals surface area contributed by atoms with Crippen LogP contribution in [-0.4, -0.2) is 40.4 Å². The number of hydrogen-bond acceptors (Lipinski definition) is 7. The summed E-state index contributed by atoms with van der Waals surface area (Å²) in [5.41, 5.74) is 1.50. The van der Waals surface area contributed by atoms with E-state index in [2.05, 4.69) is 15.2 Å². The molecule has 0 unspecified atom stereocenters. The second kappa shape index (κ2) is 14.6. The standard InChI is InChI=1S/C31H27F4N3O6S/c1-2-42-29-17-21(9-14-28(29)44-16-15-43-26-12-10-24(32)11-13-26)20-36-37-30(39)22-5-3-8-27(18-22)45(40,41)38-25-7-4-6-23(19-25)31(33,34)35/h3-14,17-20,38H,2,15-16H2,1H3,(H,37,39)/b36-20-. The van der Waals surface area contributed by atoms with Crippen LogP contribution in [0, 0.1) is 5.82 Å². The number of ether oxygens (including phenoxy) is 3. The van der Waals surface area contributed by atoms with E-state index in [9.17, 15) is 30.8 Å². The first-order chi connectivity index (χ1) is 21.4. The van der Waals surface area contributed by atoms with E-state index < -0.39 is 27.7 Å². The monoisotopic (exact) mass is 645 g/mol. The van der Waals surface area contributed by atoms with Gasteiger partial charge in [-0.1, -0.05) is 12.1 Å². The van der Waals surface area contributed by atoms with Crippen molar-refractivity contribution >= 4 is 27.8 Å². The Labute approximate surface area is 256 Å².